The Kier molecular flexibility index (Phi) is 9.38. The second-order valence-electron chi connectivity index (χ2n) is 6.47. The molecule has 0 aliphatic carbocycles. The molecule has 0 fully saturated rings. The predicted octanol–water partition coefficient (Wildman–Crippen LogP) is 6.53. The summed E-state index contributed by atoms with van der Waals surface area (Å²) in [6.07, 6.45) is 14.4. The van der Waals surface area contributed by atoms with Gasteiger partial charge in [0.15, 0.2) is 0 Å². The number of halogens is 2. The monoisotopic (exact) mass is 382 g/mol. The van der Waals surface area contributed by atoms with Crippen LogP contribution in [-0.4, -0.2) is 15.7 Å². The van der Waals surface area contributed by atoms with Gasteiger partial charge in [0.05, 0.1) is 29.1 Å². The van der Waals surface area contributed by atoms with E-state index in [1.54, 1.807) is 0 Å². The van der Waals surface area contributed by atoms with Crippen molar-refractivity contribution < 1.29 is 4.74 Å². The van der Waals surface area contributed by atoms with Crippen molar-refractivity contribution in [1.29, 1.82) is 0 Å². The van der Waals surface area contributed by atoms with Gasteiger partial charge in [-0.05, 0) is 30.5 Å². The molecule has 5 heteroatoms. The largest absolute Gasteiger partial charge is 0.373 e. The highest BCUT2D eigenvalue weighted by molar-refractivity contribution is 6.42. The van der Waals surface area contributed by atoms with Crippen LogP contribution in [0.4, 0.5) is 0 Å². The summed E-state index contributed by atoms with van der Waals surface area (Å²) in [5, 5.41) is 1.16. The van der Waals surface area contributed by atoms with Gasteiger partial charge in [-0.1, -0.05) is 68.3 Å². The number of nitrogens with zero attached hydrogens (tertiary/aromatic N) is 2. The number of ether oxygens (including phenoxy) is 1. The van der Waals surface area contributed by atoms with Crippen LogP contribution in [0, 0.1) is 0 Å². The molecular formula is C20H28Cl2N2O. The van der Waals surface area contributed by atoms with Gasteiger partial charge in [-0.2, -0.15) is 0 Å². The lowest BCUT2D eigenvalue weighted by Crippen LogP contribution is -2.16. The molecule has 0 bridgehead atoms. The van der Waals surface area contributed by atoms with E-state index in [1.807, 2.05) is 36.9 Å². The van der Waals surface area contributed by atoms with Gasteiger partial charge in [0, 0.05) is 18.9 Å². The summed E-state index contributed by atoms with van der Waals surface area (Å²) in [6.45, 7) is 3.75. The van der Waals surface area contributed by atoms with Gasteiger partial charge in [0.1, 0.15) is 0 Å². The number of benzene rings is 1. The number of imidazole rings is 1. The van der Waals surface area contributed by atoms with Crippen LogP contribution in [0.25, 0.3) is 0 Å². The van der Waals surface area contributed by atoms with Crippen LogP contribution in [0.2, 0.25) is 10.0 Å². The van der Waals surface area contributed by atoms with E-state index >= 15 is 0 Å². The molecule has 1 atom stereocenters. The molecule has 0 radical (unpaired) electrons. The molecule has 0 saturated carbocycles. The first kappa shape index (κ1) is 20.3. The SMILES string of the molecule is CCCCCCCC(CCn1ccnc1)OCc1ccc(Cl)c(Cl)c1. The van der Waals surface area contributed by atoms with Crippen LogP contribution in [0.15, 0.2) is 36.9 Å². The van der Waals surface area contributed by atoms with E-state index in [4.69, 9.17) is 27.9 Å². The molecule has 0 aliphatic heterocycles. The maximum Gasteiger partial charge on any atom is 0.0945 e. The summed E-state index contributed by atoms with van der Waals surface area (Å²) >= 11 is 12.1. The third-order valence-corrected chi connectivity index (χ3v) is 5.11. The molecule has 0 amide bonds. The summed E-state index contributed by atoms with van der Waals surface area (Å²) in [6, 6.07) is 5.69. The molecule has 0 spiro atoms. The van der Waals surface area contributed by atoms with Crippen molar-refractivity contribution in [2.45, 2.75) is 71.1 Å². The number of hydrogen-bond acceptors (Lipinski definition) is 2. The second-order valence-corrected chi connectivity index (χ2v) is 7.29. The van der Waals surface area contributed by atoms with Gasteiger partial charge in [0.2, 0.25) is 0 Å². The minimum atomic E-state index is 0.249. The van der Waals surface area contributed by atoms with Gasteiger partial charge >= 0.3 is 0 Å². The molecule has 3 nitrogen and oxygen atoms in total. The summed E-state index contributed by atoms with van der Waals surface area (Å²) in [4.78, 5) is 4.10. The maximum absolute atomic E-state index is 6.19. The van der Waals surface area contributed by atoms with E-state index < -0.39 is 0 Å². The van der Waals surface area contributed by atoms with Crippen molar-refractivity contribution in [3.63, 3.8) is 0 Å². The summed E-state index contributed by atoms with van der Waals surface area (Å²) in [5.41, 5.74) is 1.06. The normalized spacial score (nSPS) is 12.4. The van der Waals surface area contributed by atoms with Crippen molar-refractivity contribution in [3.8, 4) is 0 Å². The molecule has 0 N–H and O–H groups in total. The number of aromatic nitrogens is 2. The minimum absolute atomic E-state index is 0.249. The number of rotatable bonds is 12. The van der Waals surface area contributed by atoms with Crippen LogP contribution in [0.1, 0.15) is 57.4 Å². The average Bonchev–Trinajstić information content (AvgIpc) is 3.13. The van der Waals surface area contributed by atoms with E-state index in [2.05, 4.69) is 16.5 Å². The predicted molar refractivity (Wildman–Crippen MR) is 105 cm³/mol. The number of aryl methyl sites for hydroxylation is 1. The minimum Gasteiger partial charge on any atom is -0.373 e. The standard InChI is InChI=1S/C20H28Cl2N2O/c1-2-3-4-5-6-7-18(10-12-24-13-11-23-16-24)25-15-17-8-9-19(21)20(22)14-17/h8-9,11,13-14,16,18H,2-7,10,12,15H2,1H3. The second kappa shape index (κ2) is 11.6. The van der Waals surface area contributed by atoms with Gasteiger partial charge in [-0.3, -0.25) is 0 Å². The molecule has 1 heterocycles. The quantitative estimate of drug-likeness (QED) is 0.390. The molecule has 25 heavy (non-hydrogen) atoms. The van der Waals surface area contributed by atoms with E-state index in [1.165, 1.54) is 32.1 Å². The van der Waals surface area contributed by atoms with Crippen LogP contribution in [0.5, 0.6) is 0 Å². The number of hydrogen-bond donors (Lipinski definition) is 0. The Balaban J connectivity index is 1.82. The highest BCUT2D eigenvalue weighted by atomic mass is 35.5. The maximum atomic E-state index is 6.19. The lowest BCUT2D eigenvalue weighted by molar-refractivity contribution is 0.0250. The first-order chi connectivity index (χ1) is 12.2. The molecule has 0 saturated heterocycles. The van der Waals surface area contributed by atoms with Gasteiger partial charge in [0.25, 0.3) is 0 Å². The summed E-state index contributed by atoms with van der Waals surface area (Å²) in [5.74, 6) is 0. The Morgan fingerprint density at radius 3 is 2.64 bits per heavy atom. The average molecular weight is 383 g/mol. The highest BCUT2D eigenvalue weighted by Gasteiger charge is 2.10. The van der Waals surface area contributed by atoms with Crippen LogP contribution in [-0.2, 0) is 17.9 Å². The molecule has 1 unspecified atom stereocenters. The fourth-order valence-electron chi connectivity index (χ4n) is 2.84. The zero-order chi connectivity index (χ0) is 17.9. The van der Waals surface area contributed by atoms with Gasteiger partial charge < -0.3 is 9.30 Å². The lowest BCUT2D eigenvalue weighted by Gasteiger charge is -2.18. The van der Waals surface area contributed by atoms with E-state index in [0.717, 1.165) is 24.9 Å². The smallest absolute Gasteiger partial charge is 0.0945 e. The third kappa shape index (κ3) is 7.81. The first-order valence-corrected chi connectivity index (χ1v) is 9.96. The molecule has 1 aromatic heterocycles. The Morgan fingerprint density at radius 2 is 1.92 bits per heavy atom. The zero-order valence-corrected chi connectivity index (χ0v) is 16.5. The zero-order valence-electron chi connectivity index (χ0n) is 15.0. The topological polar surface area (TPSA) is 27.1 Å². The Morgan fingerprint density at radius 1 is 1.08 bits per heavy atom. The summed E-state index contributed by atoms with van der Waals surface area (Å²) < 4.78 is 8.30. The van der Waals surface area contributed by atoms with Gasteiger partial charge in [-0.25, -0.2) is 4.98 Å². The van der Waals surface area contributed by atoms with Crippen molar-refractivity contribution in [1.82, 2.24) is 9.55 Å². The van der Waals surface area contributed by atoms with E-state index in [9.17, 15) is 0 Å². The summed E-state index contributed by atoms with van der Waals surface area (Å²) in [7, 11) is 0. The van der Waals surface area contributed by atoms with Crippen molar-refractivity contribution in [3.05, 3.63) is 52.5 Å². The van der Waals surface area contributed by atoms with Crippen molar-refractivity contribution in [2.75, 3.05) is 0 Å². The third-order valence-electron chi connectivity index (χ3n) is 4.37. The highest BCUT2D eigenvalue weighted by Crippen LogP contribution is 2.23. The Bertz CT molecular complexity index is 602. The molecular weight excluding hydrogens is 355 g/mol. The molecule has 2 aromatic rings. The van der Waals surface area contributed by atoms with Crippen LogP contribution >= 0.6 is 23.2 Å². The molecule has 2 rings (SSSR count). The number of unbranched alkanes of at least 4 members (excludes halogenated alkanes) is 4. The Labute approximate surface area is 161 Å². The van der Waals surface area contributed by atoms with Crippen molar-refractivity contribution >= 4 is 23.2 Å². The van der Waals surface area contributed by atoms with E-state index in [-0.39, 0.29) is 6.10 Å². The fourth-order valence-corrected chi connectivity index (χ4v) is 3.16. The van der Waals surface area contributed by atoms with E-state index in [0.29, 0.717) is 16.7 Å². The molecule has 138 valence electrons. The van der Waals surface area contributed by atoms with Crippen LogP contribution in [0.3, 0.4) is 0 Å². The first-order valence-electron chi connectivity index (χ1n) is 9.20. The molecule has 0 aliphatic rings. The lowest BCUT2D eigenvalue weighted by atomic mass is 10.1. The van der Waals surface area contributed by atoms with Crippen molar-refractivity contribution in [2.24, 2.45) is 0 Å². The Hall–Kier alpha value is -1.03. The van der Waals surface area contributed by atoms with Gasteiger partial charge in [-0.15, -0.1) is 0 Å². The fraction of sp³-hybridized carbons (Fsp3) is 0.550. The molecule has 1 aromatic carbocycles. The van der Waals surface area contributed by atoms with Crippen LogP contribution < -0.4 is 0 Å².